The van der Waals surface area contributed by atoms with Crippen molar-refractivity contribution >= 4 is 22.8 Å². The number of fused-ring (bicyclic) bond motifs is 2. The van der Waals surface area contributed by atoms with Crippen molar-refractivity contribution in [2.45, 2.75) is 87.1 Å². The SMILES string of the molecule is N#C[C@@H]1C[C@@H]2C3C[C@@]32N1C(=O)[C@@H](N)C12CC3CC(CC(OC(=O)[C@H](N)Cc4c[nH]c5ccccc45)(C3)C1)C2. The molecule has 1 aliphatic heterocycles. The van der Waals surface area contributed by atoms with Gasteiger partial charge >= 0.3 is 5.97 Å². The Labute approximate surface area is 222 Å². The van der Waals surface area contributed by atoms with Gasteiger partial charge < -0.3 is 26.1 Å². The predicted octanol–water partition coefficient (Wildman–Crippen LogP) is 2.76. The number of hydrogen-bond donors (Lipinski definition) is 3. The molecule has 0 radical (unpaired) electrons. The molecule has 3 unspecified atom stereocenters. The van der Waals surface area contributed by atoms with Crippen LogP contribution in [0.5, 0.6) is 0 Å². The number of likely N-dealkylation sites (tertiary alicyclic amines) is 1. The first-order valence-corrected chi connectivity index (χ1v) is 14.3. The van der Waals surface area contributed by atoms with Crippen LogP contribution in [-0.4, -0.2) is 51.0 Å². The summed E-state index contributed by atoms with van der Waals surface area (Å²) in [6.45, 7) is 0. The average molecular weight is 514 g/mol. The van der Waals surface area contributed by atoms with Crippen molar-refractivity contribution in [1.29, 1.82) is 5.26 Å². The molecule has 4 bridgehead atoms. The molecule has 8 atom stereocenters. The second-order valence-corrected chi connectivity index (χ2v) is 13.6. The highest BCUT2D eigenvalue weighted by atomic mass is 16.6. The monoisotopic (exact) mass is 513 g/mol. The van der Waals surface area contributed by atoms with Gasteiger partial charge in [0.05, 0.1) is 17.6 Å². The number of nitrogens with one attached hydrogen (secondary N) is 1. The maximum absolute atomic E-state index is 13.9. The smallest absolute Gasteiger partial charge is 0.323 e. The minimum Gasteiger partial charge on any atom is -0.458 e. The molecule has 1 spiro atoms. The molecule has 198 valence electrons. The van der Waals surface area contributed by atoms with Crippen molar-refractivity contribution in [3.63, 3.8) is 0 Å². The lowest BCUT2D eigenvalue weighted by atomic mass is 9.46. The summed E-state index contributed by atoms with van der Waals surface area (Å²) in [6, 6.07) is 8.62. The number of para-hydroxylation sites is 1. The average Bonchev–Trinajstić information content (AvgIpc) is 3.67. The molecule has 7 aliphatic rings. The maximum Gasteiger partial charge on any atom is 0.323 e. The number of nitrogens with zero attached hydrogens (tertiary/aromatic N) is 2. The molecule has 2 heterocycles. The number of hydrogen-bond acceptors (Lipinski definition) is 6. The third kappa shape index (κ3) is 2.98. The molecule has 8 heteroatoms. The lowest BCUT2D eigenvalue weighted by molar-refractivity contribution is -0.207. The summed E-state index contributed by atoms with van der Waals surface area (Å²) >= 11 is 0. The van der Waals surface area contributed by atoms with Gasteiger partial charge in [-0.2, -0.15) is 5.26 Å². The van der Waals surface area contributed by atoms with Crippen LogP contribution in [0.1, 0.15) is 56.9 Å². The first-order chi connectivity index (χ1) is 18.3. The first kappa shape index (κ1) is 23.0. The van der Waals surface area contributed by atoms with E-state index in [2.05, 4.69) is 11.1 Å². The zero-order valence-electron chi connectivity index (χ0n) is 21.6. The van der Waals surface area contributed by atoms with Gasteiger partial charge in [0.1, 0.15) is 17.7 Å². The summed E-state index contributed by atoms with van der Waals surface area (Å²) in [7, 11) is 0. The van der Waals surface area contributed by atoms with E-state index in [9.17, 15) is 14.9 Å². The number of piperidine rings is 1. The molecule has 1 aromatic heterocycles. The summed E-state index contributed by atoms with van der Waals surface area (Å²) in [5, 5.41) is 10.8. The number of carbonyl (C=O) groups is 2. The molecule has 38 heavy (non-hydrogen) atoms. The quantitative estimate of drug-likeness (QED) is 0.508. The lowest BCUT2D eigenvalue weighted by Crippen LogP contribution is -2.66. The van der Waals surface area contributed by atoms with Gasteiger partial charge in [0, 0.05) is 23.5 Å². The molecule has 1 aromatic carbocycles. The number of ether oxygens (including phenoxy) is 1. The minimum absolute atomic E-state index is 0.0430. The lowest BCUT2D eigenvalue weighted by Gasteiger charge is -2.62. The number of H-pyrrole nitrogens is 1. The van der Waals surface area contributed by atoms with Gasteiger partial charge in [-0.3, -0.25) is 9.59 Å². The molecule has 9 rings (SSSR count). The van der Waals surface area contributed by atoms with Gasteiger partial charge in [0.25, 0.3) is 0 Å². The molecule has 6 saturated carbocycles. The number of nitrogens with two attached hydrogens (primary N) is 2. The molecule has 8 nitrogen and oxygen atoms in total. The Kier molecular flexibility index (Phi) is 4.48. The standard InChI is InChI=1S/C30H35N5O3/c31-13-19-7-21-22-12-30(21,22)35(19)26(36)25(33)28-8-16-5-17(9-28)11-29(10-16,15-28)38-27(37)23(32)6-18-14-34-24-4-2-1-3-20(18)24/h1-4,14,16-17,19,21-23,25,34H,5-12,15,32-33H2/t16?,17?,19-,21+,22?,23+,25+,28?,29?,30-/m0/s1. The highest BCUT2D eigenvalue weighted by Crippen LogP contribution is 2.80. The minimum atomic E-state index is -0.757. The summed E-state index contributed by atoms with van der Waals surface area (Å²) in [4.78, 5) is 32.5. The van der Waals surface area contributed by atoms with E-state index in [1.807, 2.05) is 35.4 Å². The Morgan fingerprint density at radius 3 is 2.61 bits per heavy atom. The van der Waals surface area contributed by atoms with Crippen LogP contribution in [0.25, 0.3) is 10.9 Å². The highest BCUT2D eigenvalue weighted by molar-refractivity contribution is 5.87. The van der Waals surface area contributed by atoms with Crippen molar-refractivity contribution in [2.24, 2.45) is 40.6 Å². The van der Waals surface area contributed by atoms with Crippen LogP contribution in [-0.2, 0) is 20.7 Å². The van der Waals surface area contributed by atoms with Crippen LogP contribution in [0.3, 0.4) is 0 Å². The van der Waals surface area contributed by atoms with E-state index in [0.717, 1.165) is 61.4 Å². The third-order valence-corrected chi connectivity index (χ3v) is 11.4. The van der Waals surface area contributed by atoms with E-state index in [4.69, 9.17) is 16.2 Å². The Morgan fingerprint density at radius 2 is 1.87 bits per heavy atom. The normalized spacial score (nSPS) is 42.8. The summed E-state index contributed by atoms with van der Waals surface area (Å²) in [6.07, 6.45) is 9.36. The van der Waals surface area contributed by atoms with Crippen LogP contribution in [0.2, 0.25) is 0 Å². The van der Waals surface area contributed by atoms with Gasteiger partial charge in [0.2, 0.25) is 5.91 Å². The Balaban J connectivity index is 1.02. The fourth-order valence-corrected chi connectivity index (χ4v) is 10.00. The number of rotatable bonds is 6. The molecule has 6 aliphatic carbocycles. The first-order valence-electron chi connectivity index (χ1n) is 14.3. The van der Waals surface area contributed by atoms with Gasteiger partial charge in [-0.15, -0.1) is 0 Å². The maximum atomic E-state index is 13.9. The van der Waals surface area contributed by atoms with Gasteiger partial charge in [0.15, 0.2) is 0 Å². The second kappa shape index (κ2) is 7.40. The Hall–Kier alpha value is -2.89. The topological polar surface area (TPSA) is 138 Å². The Morgan fingerprint density at radius 1 is 1.11 bits per heavy atom. The van der Waals surface area contributed by atoms with Crippen LogP contribution in [0.4, 0.5) is 0 Å². The molecule has 5 N–H and O–H groups in total. The van der Waals surface area contributed by atoms with Crippen LogP contribution < -0.4 is 11.5 Å². The number of aromatic amines is 1. The molecular formula is C30H35N5O3. The number of amides is 1. The molecule has 1 amide bonds. The number of nitriles is 1. The van der Waals surface area contributed by atoms with E-state index in [1.165, 1.54) is 0 Å². The van der Waals surface area contributed by atoms with Crippen LogP contribution >= 0.6 is 0 Å². The van der Waals surface area contributed by atoms with Gasteiger partial charge in [-0.05, 0) is 92.1 Å². The zero-order valence-corrected chi connectivity index (χ0v) is 21.6. The molecular weight excluding hydrogens is 478 g/mol. The number of aromatic nitrogens is 1. The second-order valence-electron chi connectivity index (χ2n) is 13.6. The van der Waals surface area contributed by atoms with Crippen molar-refractivity contribution in [1.82, 2.24) is 9.88 Å². The van der Waals surface area contributed by atoms with Crippen molar-refractivity contribution in [3.8, 4) is 6.07 Å². The number of esters is 1. The molecule has 2 aromatic rings. The third-order valence-electron chi connectivity index (χ3n) is 11.4. The van der Waals surface area contributed by atoms with Crippen molar-refractivity contribution in [3.05, 3.63) is 36.0 Å². The van der Waals surface area contributed by atoms with Crippen molar-refractivity contribution in [2.75, 3.05) is 0 Å². The van der Waals surface area contributed by atoms with Crippen LogP contribution in [0, 0.1) is 40.4 Å². The van der Waals surface area contributed by atoms with Crippen LogP contribution in [0.15, 0.2) is 30.5 Å². The number of benzene rings is 1. The largest absolute Gasteiger partial charge is 0.458 e. The van der Waals surface area contributed by atoms with Gasteiger partial charge in [-0.1, -0.05) is 18.2 Å². The van der Waals surface area contributed by atoms with Gasteiger partial charge in [-0.25, -0.2) is 0 Å². The summed E-state index contributed by atoms with van der Waals surface area (Å²) in [5.74, 6) is 1.49. The fraction of sp³-hybridized carbons (Fsp3) is 0.633. The summed E-state index contributed by atoms with van der Waals surface area (Å²) in [5.41, 5.74) is 14.3. The van der Waals surface area contributed by atoms with Crippen molar-refractivity contribution < 1.29 is 14.3 Å². The predicted molar refractivity (Wildman–Crippen MR) is 139 cm³/mol. The molecule has 1 saturated heterocycles. The number of carbonyl (C=O) groups excluding carboxylic acids is 2. The fourth-order valence-electron chi connectivity index (χ4n) is 10.00. The summed E-state index contributed by atoms with van der Waals surface area (Å²) < 4.78 is 6.35. The molecule has 7 fully saturated rings. The Bertz CT molecular complexity index is 1400. The highest BCUT2D eigenvalue weighted by Gasteiger charge is 2.86. The van der Waals surface area contributed by atoms with E-state index in [-0.39, 0.29) is 28.9 Å². The van der Waals surface area contributed by atoms with E-state index in [1.54, 1.807) is 0 Å². The zero-order chi connectivity index (χ0) is 26.0. The van der Waals surface area contributed by atoms with E-state index < -0.39 is 17.7 Å². The van der Waals surface area contributed by atoms with E-state index >= 15 is 0 Å². The van der Waals surface area contributed by atoms with E-state index in [0.29, 0.717) is 36.5 Å².